The van der Waals surface area contributed by atoms with Crippen molar-refractivity contribution in [2.24, 2.45) is 0 Å². The fraction of sp³-hybridized carbons (Fsp3) is 1.00. The molecule has 0 saturated heterocycles. The molecular weight excluding hydrogens is 647 g/mol. The summed E-state index contributed by atoms with van der Waals surface area (Å²) in [4.78, 5) is 0. The topological polar surface area (TPSA) is 46.2 Å². The van der Waals surface area contributed by atoms with E-state index in [2.05, 4.69) is 0 Å². The summed E-state index contributed by atoms with van der Waals surface area (Å²) in [6.07, 6.45) is 31.4. The summed E-state index contributed by atoms with van der Waals surface area (Å²) in [5, 5.41) is 0. The maximum absolute atomic E-state index is 5.92. The highest BCUT2D eigenvalue weighted by atomic mass is 35.8. The van der Waals surface area contributed by atoms with Gasteiger partial charge in [0, 0.05) is 53.4 Å². The van der Waals surface area contributed by atoms with Crippen LogP contribution in [0.3, 0.4) is 0 Å². The van der Waals surface area contributed by atoms with Crippen LogP contribution >= 0.6 is 33.2 Å². The molecule has 0 aliphatic carbocycles. The van der Waals surface area contributed by atoms with Crippen LogP contribution in [0.2, 0.25) is 6.04 Å². The normalized spacial score (nSPS) is 12.0. The largest absolute Gasteiger partial charge is 0.382 e. The molecule has 0 N–H and O–H groups in total. The number of methoxy groups -OCH3 is 1. The summed E-state index contributed by atoms with van der Waals surface area (Å²) < 4.78 is 27.9. The van der Waals surface area contributed by atoms with Crippen LogP contribution in [-0.4, -0.2) is 72.6 Å². The van der Waals surface area contributed by atoms with Crippen molar-refractivity contribution in [3.63, 3.8) is 0 Å². The molecule has 0 aromatic carbocycles. The van der Waals surface area contributed by atoms with Crippen LogP contribution in [0.4, 0.5) is 0 Å². The van der Waals surface area contributed by atoms with Crippen LogP contribution in [0.1, 0.15) is 161 Å². The molecule has 0 rings (SSSR count). The number of halogens is 3. The lowest BCUT2D eigenvalue weighted by atomic mass is 10.1. The van der Waals surface area contributed by atoms with Crippen LogP contribution in [-0.2, 0) is 23.7 Å². The zero-order valence-corrected chi connectivity index (χ0v) is 32.7. The Bertz CT molecular complexity index is 543. The molecule has 0 bridgehead atoms. The third-order valence-electron chi connectivity index (χ3n) is 8.16. The third kappa shape index (κ3) is 44.9. The van der Waals surface area contributed by atoms with Crippen molar-refractivity contribution in [3.05, 3.63) is 0 Å². The number of unbranched alkanes of at least 4 members (excludes halogenated alkanes) is 21. The first-order valence-electron chi connectivity index (χ1n) is 18.9. The lowest BCUT2D eigenvalue weighted by Gasteiger charge is -2.07. The first-order valence-corrected chi connectivity index (χ1v) is 24.2. The Hall–Kier alpha value is 0.887. The summed E-state index contributed by atoms with van der Waals surface area (Å²) in [6.45, 7) is 7.81. The second kappa shape index (κ2) is 39.3. The third-order valence-corrected chi connectivity index (χ3v) is 10.8. The van der Waals surface area contributed by atoms with Gasteiger partial charge < -0.3 is 23.7 Å². The Kier molecular flexibility index (Phi) is 40.1. The van der Waals surface area contributed by atoms with Crippen molar-refractivity contribution in [2.75, 3.05) is 66.6 Å². The van der Waals surface area contributed by atoms with E-state index in [9.17, 15) is 0 Å². The molecule has 0 atom stereocenters. The predicted molar refractivity (Wildman–Crippen MR) is 199 cm³/mol. The molecule has 0 aromatic rings. The highest BCUT2D eigenvalue weighted by molar-refractivity contribution is 7.64. The van der Waals surface area contributed by atoms with Crippen molar-refractivity contribution in [2.45, 2.75) is 167 Å². The highest BCUT2D eigenvalue weighted by Crippen LogP contribution is 2.27. The van der Waals surface area contributed by atoms with E-state index in [-0.39, 0.29) is 0 Å². The van der Waals surface area contributed by atoms with E-state index in [1.54, 1.807) is 7.11 Å². The highest BCUT2D eigenvalue weighted by Gasteiger charge is 2.23. The molecule has 0 saturated carbocycles. The second-order valence-electron chi connectivity index (χ2n) is 12.6. The van der Waals surface area contributed by atoms with Gasteiger partial charge in [0.15, 0.2) is 0 Å². The van der Waals surface area contributed by atoms with Gasteiger partial charge >= 0.3 is 6.00 Å². The maximum Gasteiger partial charge on any atom is 0.341 e. The van der Waals surface area contributed by atoms with E-state index in [0.717, 1.165) is 65.1 Å². The molecule has 0 aromatic heterocycles. The standard InChI is InChI=1S/C36H73Cl3O5Si/c1-40-34-35-44-33-23-15-9-8-14-22-30-43-32-25-17-16-24-31-42-29-21-13-7-6-12-20-28-41-27-19-11-5-3-2-4-10-18-26-36-45(37,38)39/h2-36H2,1H3. The minimum Gasteiger partial charge on any atom is -0.382 e. The van der Waals surface area contributed by atoms with Crippen LogP contribution in [0.15, 0.2) is 0 Å². The van der Waals surface area contributed by atoms with Gasteiger partial charge in [-0.25, -0.2) is 0 Å². The quantitative estimate of drug-likeness (QED) is 0.0358. The fourth-order valence-electron chi connectivity index (χ4n) is 5.31. The number of rotatable bonds is 40. The molecular formula is C36H73Cl3O5Si. The van der Waals surface area contributed by atoms with Crippen molar-refractivity contribution < 1.29 is 23.7 Å². The Morgan fingerprint density at radius 3 is 0.756 bits per heavy atom. The number of ether oxygens (including phenoxy) is 5. The van der Waals surface area contributed by atoms with E-state index >= 15 is 0 Å². The first-order chi connectivity index (χ1) is 22.1. The van der Waals surface area contributed by atoms with Gasteiger partial charge in [0.25, 0.3) is 0 Å². The molecule has 0 heterocycles. The average molecular weight is 720 g/mol. The molecule has 45 heavy (non-hydrogen) atoms. The summed E-state index contributed by atoms with van der Waals surface area (Å²) in [7, 11) is 1.71. The molecule has 0 unspecified atom stereocenters. The van der Waals surface area contributed by atoms with E-state index in [0.29, 0.717) is 13.2 Å². The fourth-order valence-corrected chi connectivity index (χ4v) is 7.16. The molecule has 0 aliphatic heterocycles. The molecule has 0 radical (unpaired) electrons. The van der Waals surface area contributed by atoms with E-state index < -0.39 is 6.00 Å². The maximum atomic E-state index is 5.92. The Morgan fingerprint density at radius 2 is 0.511 bits per heavy atom. The predicted octanol–water partition coefficient (Wildman–Crippen LogP) is 12.1. The summed E-state index contributed by atoms with van der Waals surface area (Å²) in [6, 6.07) is -1.58. The van der Waals surface area contributed by atoms with Crippen molar-refractivity contribution in [1.82, 2.24) is 0 Å². The summed E-state index contributed by atoms with van der Waals surface area (Å²) >= 11 is 17.8. The van der Waals surface area contributed by atoms with E-state index in [1.807, 2.05) is 0 Å². The Balaban J connectivity index is 3.05. The molecule has 0 amide bonds. The summed E-state index contributed by atoms with van der Waals surface area (Å²) in [5.41, 5.74) is 0. The average Bonchev–Trinajstić information content (AvgIpc) is 3.01. The molecule has 0 spiro atoms. The molecule has 272 valence electrons. The van der Waals surface area contributed by atoms with Crippen molar-refractivity contribution in [1.29, 1.82) is 0 Å². The molecule has 0 fully saturated rings. The first kappa shape index (κ1) is 45.9. The van der Waals surface area contributed by atoms with E-state index in [4.69, 9.17) is 56.9 Å². The van der Waals surface area contributed by atoms with Gasteiger partial charge in [-0.1, -0.05) is 116 Å². The zero-order valence-electron chi connectivity index (χ0n) is 29.4. The number of hydrogen-bond donors (Lipinski definition) is 0. The van der Waals surface area contributed by atoms with Gasteiger partial charge in [0.1, 0.15) is 0 Å². The monoisotopic (exact) mass is 718 g/mol. The van der Waals surface area contributed by atoms with Crippen LogP contribution in [0, 0.1) is 0 Å². The van der Waals surface area contributed by atoms with Gasteiger partial charge in [0.05, 0.1) is 13.2 Å². The van der Waals surface area contributed by atoms with Crippen molar-refractivity contribution >= 4 is 39.2 Å². The Morgan fingerprint density at radius 1 is 0.289 bits per heavy atom. The zero-order chi connectivity index (χ0) is 32.8. The van der Waals surface area contributed by atoms with E-state index in [1.165, 1.54) is 148 Å². The van der Waals surface area contributed by atoms with Crippen molar-refractivity contribution in [3.8, 4) is 0 Å². The van der Waals surface area contributed by atoms with Gasteiger partial charge in [-0.15, -0.1) is 33.2 Å². The minimum atomic E-state index is -2.39. The van der Waals surface area contributed by atoms with Gasteiger partial charge in [0.2, 0.25) is 0 Å². The molecule has 9 heteroatoms. The minimum absolute atomic E-state index is 0.696. The smallest absolute Gasteiger partial charge is 0.341 e. The van der Waals surface area contributed by atoms with Crippen LogP contribution < -0.4 is 0 Å². The Labute approximate surface area is 294 Å². The van der Waals surface area contributed by atoms with Gasteiger partial charge in [-0.05, 0) is 51.0 Å². The van der Waals surface area contributed by atoms with Gasteiger partial charge in [-0.3, -0.25) is 0 Å². The molecule has 5 nitrogen and oxygen atoms in total. The van der Waals surface area contributed by atoms with Gasteiger partial charge in [-0.2, -0.15) is 0 Å². The van der Waals surface area contributed by atoms with Crippen LogP contribution in [0.5, 0.6) is 0 Å². The summed E-state index contributed by atoms with van der Waals surface area (Å²) in [5.74, 6) is 0. The lowest BCUT2D eigenvalue weighted by molar-refractivity contribution is 0.0685. The molecule has 0 aliphatic rings. The second-order valence-corrected chi connectivity index (χ2v) is 21.9. The lowest BCUT2D eigenvalue weighted by Crippen LogP contribution is -2.07. The number of hydrogen-bond acceptors (Lipinski definition) is 5. The SMILES string of the molecule is COCCOCCCCCCCCOCCCCCCOCCCCCCCCOCCCCCCCCCCC[Si](Cl)(Cl)Cl. The van der Waals surface area contributed by atoms with Crippen LogP contribution in [0.25, 0.3) is 0 Å².